The summed E-state index contributed by atoms with van der Waals surface area (Å²) in [5, 5.41) is 0. The molecule has 3 heterocycles. The Morgan fingerprint density at radius 2 is 2.04 bits per heavy atom. The van der Waals surface area contributed by atoms with E-state index < -0.39 is 0 Å². The number of para-hydroxylation sites is 1. The minimum atomic E-state index is 0.0538. The van der Waals surface area contributed by atoms with Crippen molar-refractivity contribution in [1.29, 1.82) is 0 Å². The number of pyridine rings is 1. The van der Waals surface area contributed by atoms with Gasteiger partial charge in [0, 0.05) is 24.5 Å². The molecule has 1 fully saturated rings. The van der Waals surface area contributed by atoms with Gasteiger partial charge >= 0.3 is 0 Å². The molecule has 1 saturated heterocycles. The molecule has 5 heteroatoms. The van der Waals surface area contributed by atoms with Crippen LogP contribution in [0, 0.1) is 0 Å². The van der Waals surface area contributed by atoms with Crippen LogP contribution in [-0.4, -0.2) is 41.6 Å². The number of rotatable bonds is 4. The third-order valence-corrected chi connectivity index (χ3v) is 5.14. The number of benzene rings is 1. The first-order valence-corrected chi connectivity index (χ1v) is 9.42. The first-order chi connectivity index (χ1) is 12.8. The molecule has 0 spiro atoms. The lowest BCUT2D eigenvalue weighted by Crippen LogP contribution is -2.44. The average Bonchev–Trinajstić information content (AvgIpc) is 2.72. The fraction of sp³-hybridized carbons (Fsp3) is 0.429. The lowest BCUT2D eigenvalue weighted by Gasteiger charge is -2.36. The quantitative estimate of drug-likeness (QED) is 0.845. The van der Waals surface area contributed by atoms with E-state index in [0.717, 1.165) is 37.9 Å². The van der Waals surface area contributed by atoms with Crippen LogP contribution in [0.15, 0.2) is 42.6 Å². The highest BCUT2D eigenvalue weighted by Crippen LogP contribution is 2.35. The van der Waals surface area contributed by atoms with E-state index in [9.17, 15) is 4.79 Å². The Hall–Kier alpha value is -2.56. The predicted molar refractivity (Wildman–Crippen MR) is 98.7 cm³/mol. The number of aryl methyl sites for hydroxylation is 1. The van der Waals surface area contributed by atoms with Gasteiger partial charge < -0.3 is 14.4 Å². The highest BCUT2D eigenvalue weighted by molar-refractivity contribution is 5.98. The highest BCUT2D eigenvalue weighted by Gasteiger charge is 2.30. The second-order valence-electron chi connectivity index (χ2n) is 6.84. The first kappa shape index (κ1) is 16.9. The second-order valence-corrected chi connectivity index (χ2v) is 6.84. The van der Waals surface area contributed by atoms with Crippen LogP contribution in [0.1, 0.15) is 41.7 Å². The van der Waals surface area contributed by atoms with Crippen LogP contribution >= 0.6 is 0 Å². The maximum absolute atomic E-state index is 13.3. The number of nitrogens with zero attached hydrogens (tertiary/aromatic N) is 2. The molecule has 1 aromatic carbocycles. The molecule has 0 aliphatic carbocycles. The molecule has 1 atom stereocenters. The summed E-state index contributed by atoms with van der Waals surface area (Å²) in [5.74, 6) is 1.32. The van der Waals surface area contributed by atoms with Gasteiger partial charge in [-0.3, -0.25) is 9.78 Å². The SMILES string of the molecule is O=C(c1cccc2c1OCCO2)N1CCCC[C@@H]1CCc1ccccn1. The maximum atomic E-state index is 13.3. The zero-order valence-electron chi connectivity index (χ0n) is 14.9. The summed E-state index contributed by atoms with van der Waals surface area (Å²) in [4.78, 5) is 19.7. The minimum Gasteiger partial charge on any atom is -0.486 e. The molecule has 0 bridgehead atoms. The van der Waals surface area contributed by atoms with E-state index >= 15 is 0 Å². The summed E-state index contributed by atoms with van der Waals surface area (Å²) in [6, 6.07) is 11.8. The number of likely N-dealkylation sites (tertiary alicyclic amines) is 1. The molecule has 1 aromatic heterocycles. The third kappa shape index (κ3) is 3.52. The fourth-order valence-electron chi connectivity index (χ4n) is 3.83. The van der Waals surface area contributed by atoms with Crippen molar-refractivity contribution >= 4 is 5.91 Å². The zero-order valence-corrected chi connectivity index (χ0v) is 14.9. The molecular formula is C21H24N2O3. The number of carbonyl (C=O) groups excluding carboxylic acids is 1. The van der Waals surface area contributed by atoms with Gasteiger partial charge in [0.2, 0.25) is 0 Å². The summed E-state index contributed by atoms with van der Waals surface area (Å²) >= 11 is 0. The van der Waals surface area contributed by atoms with Crippen LogP contribution in [0.5, 0.6) is 11.5 Å². The monoisotopic (exact) mass is 352 g/mol. The van der Waals surface area contributed by atoms with Gasteiger partial charge in [0.15, 0.2) is 11.5 Å². The second kappa shape index (κ2) is 7.77. The van der Waals surface area contributed by atoms with E-state index in [-0.39, 0.29) is 11.9 Å². The summed E-state index contributed by atoms with van der Waals surface area (Å²) < 4.78 is 11.4. The minimum absolute atomic E-state index is 0.0538. The Morgan fingerprint density at radius 1 is 1.12 bits per heavy atom. The van der Waals surface area contributed by atoms with Gasteiger partial charge in [-0.05, 0) is 56.4 Å². The molecule has 2 aromatic rings. The maximum Gasteiger partial charge on any atom is 0.258 e. The van der Waals surface area contributed by atoms with Gasteiger partial charge in [0.05, 0.1) is 5.56 Å². The van der Waals surface area contributed by atoms with E-state index in [1.165, 1.54) is 6.42 Å². The summed E-state index contributed by atoms with van der Waals surface area (Å²) in [6.07, 6.45) is 6.93. The van der Waals surface area contributed by atoms with E-state index in [1.54, 1.807) is 0 Å². The van der Waals surface area contributed by atoms with Crippen molar-refractivity contribution in [3.8, 4) is 11.5 Å². The van der Waals surface area contributed by atoms with Crippen molar-refractivity contribution in [3.63, 3.8) is 0 Å². The van der Waals surface area contributed by atoms with Crippen LogP contribution in [0.4, 0.5) is 0 Å². The van der Waals surface area contributed by atoms with Crippen LogP contribution in [0.25, 0.3) is 0 Å². The molecule has 2 aliphatic heterocycles. The zero-order chi connectivity index (χ0) is 17.8. The topological polar surface area (TPSA) is 51.7 Å². The number of hydrogen-bond acceptors (Lipinski definition) is 4. The van der Waals surface area contributed by atoms with Gasteiger partial charge in [-0.15, -0.1) is 0 Å². The Bertz CT molecular complexity index is 763. The summed E-state index contributed by atoms with van der Waals surface area (Å²) in [5.41, 5.74) is 1.70. The van der Waals surface area contributed by atoms with Crippen molar-refractivity contribution in [2.75, 3.05) is 19.8 Å². The Morgan fingerprint density at radius 3 is 2.92 bits per heavy atom. The number of piperidine rings is 1. The Labute approximate surface area is 153 Å². The number of aromatic nitrogens is 1. The normalized spacial score (nSPS) is 19.2. The molecule has 5 nitrogen and oxygen atoms in total. The largest absolute Gasteiger partial charge is 0.486 e. The lowest BCUT2D eigenvalue weighted by atomic mass is 9.96. The van der Waals surface area contributed by atoms with Gasteiger partial charge in [-0.1, -0.05) is 12.1 Å². The molecule has 0 radical (unpaired) electrons. The Balaban J connectivity index is 1.52. The van der Waals surface area contributed by atoms with Crippen LogP contribution < -0.4 is 9.47 Å². The molecule has 0 saturated carbocycles. The molecular weight excluding hydrogens is 328 g/mol. The van der Waals surface area contributed by atoms with Gasteiger partial charge in [-0.2, -0.15) is 0 Å². The summed E-state index contributed by atoms with van der Waals surface area (Å²) in [7, 11) is 0. The van der Waals surface area contributed by atoms with Gasteiger partial charge in [-0.25, -0.2) is 0 Å². The lowest BCUT2D eigenvalue weighted by molar-refractivity contribution is 0.0592. The van der Waals surface area contributed by atoms with Crippen molar-refractivity contribution in [2.24, 2.45) is 0 Å². The van der Waals surface area contributed by atoms with Gasteiger partial charge in [0.1, 0.15) is 13.2 Å². The van der Waals surface area contributed by atoms with Crippen LogP contribution in [0.3, 0.4) is 0 Å². The van der Waals surface area contributed by atoms with Crippen molar-refractivity contribution in [1.82, 2.24) is 9.88 Å². The molecule has 4 rings (SSSR count). The van der Waals surface area contributed by atoms with Crippen molar-refractivity contribution in [3.05, 3.63) is 53.9 Å². The van der Waals surface area contributed by atoms with E-state index in [0.29, 0.717) is 30.3 Å². The third-order valence-electron chi connectivity index (χ3n) is 5.14. The molecule has 136 valence electrons. The number of ether oxygens (including phenoxy) is 2. The number of carbonyl (C=O) groups is 1. The van der Waals surface area contributed by atoms with Crippen LogP contribution in [0.2, 0.25) is 0 Å². The molecule has 1 amide bonds. The molecule has 0 N–H and O–H groups in total. The summed E-state index contributed by atoms with van der Waals surface area (Å²) in [6.45, 7) is 1.82. The number of hydrogen-bond donors (Lipinski definition) is 0. The van der Waals surface area contributed by atoms with E-state index in [1.807, 2.05) is 47.5 Å². The molecule has 0 unspecified atom stereocenters. The Kier molecular flexibility index (Phi) is 5.04. The smallest absolute Gasteiger partial charge is 0.258 e. The number of amides is 1. The van der Waals surface area contributed by atoms with Crippen molar-refractivity contribution < 1.29 is 14.3 Å². The average molecular weight is 352 g/mol. The van der Waals surface area contributed by atoms with Crippen LogP contribution in [-0.2, 0) is 6.42 Å². The van der Waals surface area contributed by atoms with E-state index in [4.69, 9.17) is 9.47 Å². The number of fused-ring (bicyclic) bond motifs is 1. The standard InChI is InChI=1S/C21H24N2O3/c24-21(18-8-5-9-19-20(18)26-15-14-25-19)23-13-4-2-7-17(23)11-10-16-6-1-3-12-22-16/h1,3,5-6,8-9,12,17H,2,4,7,10-11,13-15H2/t17-/m1/s1. The first-order valence-electron chi connectivity index (χ1n) is 9.42. The molecule has 2 aliphatic rings. The van der Waals surface area contributed by atoms with Crippen molar-refractivity contribution in [2.45, 2.75) is 38.1 Å². The fourth-order valence-corrected chi connectivity index (χ4v) is 3.83. The predicted octanol–water partition coefficient (Wildman–Crippen LogP) is 3.48. The highest BCUT2D eigenvalue weighted by atomic mass is 16.6. The van der Waals surface area contributed by atoms with E-state index in [2.05, 4.69) is 4.98 Å². The molecule has 26 heavy (non-hydrogen) atoms. The van der Waals surface area contributed by atoms with Gasteiger partial charge in [0.25, 0.3) is 5.91 Å².